The fraction of sp³-hybridized carbons (Fsp3) is 1.00. The maximum Gasteiger partial charge on any atom is 0.214 e. The van der Waals surface area contributed by atoms with Crippen molar-refractivity contribution in [2.75, 3.05) is 12.3 Å². The third-order valence-electron chi connectivity index (χ3n) is 3.22. The Bertz CT molecular complexity index is 267. The van der Waals surface area contributed by atoms with E-state index in [4.69, 9.17) is 0 Å². The molecule has 0 aliphatic carbocycles. The molecule has 1 saturated heterocycles. The number of rotatable bonds is 3. The largest absolute Gasteiger partial charge is 0.214 e. The van der Waals surface area contributed by atoms with Crippen molar-refractivity contribution in [1.82, 2.24) is 4.31 Å². The Morgan fingerprint density at radius 1 is 1.31 bits per heavy atom. The molecule has 0 N–H and O–H groups in total. The van der Waals surface area contributed by atoms with Crippen molar-refractivity contribution in [2.24, 2.45) is 0 Å². The van der Waals surface area contributed by atoms with Gasteiger partial charge in [-0.15, -0.1) is 0 Å². The molecule has 0 spiro atoms. The highest BCUT2D eigenvalue weighted by Crippen LogP contribution is 2.30. The van der Waals surface area contributed by atoms with E-state index < -0.39 is 10.0 Å². The van der Waals surface area contributed by atoms with Crippen molar-refractivity contribution < 1.29 is 8.42 Å². The van der Waals surface area contributed by atoms with Crippen LogP contribution in [0.5, 0.6) is 0 Å². The molecule has 3 nitrogen and oxygen atoms in total. The van der Waals surface area contributed by atoms with Gasteiger partial charge in [-0.3, -0.25) is 0 Å². The normalized spacial score (nSPS) is 23.6. The van der Waals surface area contributed by atoms with Gasteiger partial charge in [-0.2, -0.15) is 4.31 Å². The zero-order chi connectivity index (χ0) is 10.1. The lowest BCUT2D eigenvalue weighted by Gasteiger charge is -2.35. The molecular weight excluding hydrogens is 186 g/mol. The molecule has 0 unspecified atom stereocenters. The molecule has 4 heteroatoms. The number of hydrogen-bond donors (Lipinski definition) is 0. The predicted molar refractivity (Wildman–Crippen MR) is 54.1 cm³/mol. The van der Waals surface area contributed by atoms with E-state index in [1.807, 2.05) is 6.92 Å². The smallest absolute Gasteiger partial charge is 0.212 e. The molecule has 0 radical (unpaired) electrons. The van der Waals surface area contributed by atoms with Gasteiger partial charge >= 0.3 is 0 Å². The molecule has 78 valence electrons. The van der Waals surface area contributed by atoms with Gasteiger partial charge in [-0.05, 0) is 26.2 Å². The maximum atomic E-state index is 11.7. The average Bonchev–Trinajstić information content (AvgIpc) is 2.44. The lowest BCUT2D eigenvalue weighted by molar-refractivity contribution is 0.204. The summed E-state index contributed by atoms with van der Waals surface area (Å²) in [5.41, 5.74) is -0.157. The average molecular weight is 205 g/mol. The molecule has 1 aliphatic rings. The first-order chi connectivity index (χ1) is 5.96. The summed E-state index contributed by atoms with van der Waals surface area (Å²) in [6.07, 6.45) is 2.57. The Balaban J connectivity index is 2.93. The van der Waals surface area contributed by atoms with Gasteiger partial charge in [0, 0.05) is 12.1 Å². The van der Waals surface area contributed by atoms with Crippen molar-refractivity contribution in [3.63, 3.8) is 0 Å². The summed E-state index contributed by atoms with van der Waals surface area (Å²) in [5, 5.41) is 0. The summed E-state index contributed by atoms with van der Waals surface area (Å²) in [7, 11) is -2.94. The summed E-state index contributed by atoms with van der Waals surface area (Å²) in [4.78, 5) is 0. The van der Waals surface area contributed by atoms with Crippen LogP contribution in [-0.4, -0.2) is 30.6 Å². The quantitative estimate of drug-likeness (QED) is 0.702. The first-order valence-electron chi connectivity index (χ1n) is 4.97. The highest BCUT2D eigenvalue weighted by atomic mass is 32.2. The van der Waals surface area contributed by atoms with Crippen LogP contribution >= 0.6 is 0 Å². The number of hydrogen-bond acceptors (Lipinski definition) is 2. The van der Waals surface area contributed by atoms with E-state index in [0.717, 1.165) is 19.3 Å². The molecule has 1 rings (SSSR count). The van der Waals surface area contributed by atoms with Crippen LogP contribution in [0.3, 0.4) is 0 Å². The Hall–Kier alpha value is -0.0900. The second kappa shape index (κ2) is 3.58. The van der Waals surface area contributed by atoms with Gasteiger partial charge < -0.3 is 0 Å². The second-order valence-corrected chi connectivity index (χ2v) is 5.96. The molecule has 0 saturated carbocycles. The van der Waals surface area contributed by atoms with Crippen molar-refractivity contribution >= 4 is 10.0 Å². The monoisotopic (exact) mass is 205 g/mol. The molecule has 1 fully saturated rings. The van der Waals surface area contributed by atoms with Crippen molar-refractivity contribution in [2.45, 2.75) is 45.6 Å². The summed E-state index contributed by atoms with van der Waals surface area (Å²) in [6, 6.07) is 0. The van der Waals surface area contributed by atoms with Crippen LogP contribution in [0.25, 0.3) is 0 Å². The van der Waals surface area contributed by atoms with Gasteiger partial charge in [0.2, 0.25) is 10.0 Å². The van der Waals surface area contributed by atoms with Crippen LogP contribution in [0.15, 0.2) is 0 Å². The topological polar surface area (TPSA) is 37.4 Å². The lowest BCUT2D eigenvalue weighted by Crippen LogP contribution is -2.46. The minimum absolute atomic E-state index is 0.157. The Morgan fingerprint density at radius 3 is 2.15 bits per heavy atom. The van der Waals surface area contributed by atoms with Crippen LogP contribution in [0.4, 0.5) is 0 Å². The van der Waals surface area contributed by atoms with E-state index >= 15 is 0 Å². The molecule has 0 aromatic rings. The van der Waals surface area contributed by atoms with Gasteiger partial charge in [0.25, 0.3) is 0 Å². The highest BCUT2D eigenvalue weighted by molar-refractivity contribution is 7.89. The highest BCUT2D eigenvalue weighted by Gasteiger charge is 2.40. The van der Waals surface area contributed by atoms with Crippen molar-refractivity contribution in [3.05, 3.63) is 0 Å². The van der Waals surface area contributed by atoms with Gasteiger partial charge in [-0.25, -0.2) is 8.42 Å². The van der Waals surface area contributed by atoms with Crippen molar-refractivity contribution in [1.29, 1.82) is 0 Å². The summed E-state index contributed by atoms with van der Waals surface area (Å²) >= 11 is 0. The summed E-state index contributed by atoms with van der Waals surface area (Å²) in [5.74, 6) is 0.336. The van der Waals surface area contributed by atoms with Crippen molar-refractivity contribution in [3.8, 4) is 0 Å². The van der Waals surface area contributed by atoms with Crippen LogP contribution < -0.4 is 0 Å². The Morgan fingerprint density at radius 2 is 1.85 bits per heavy atom. The van der Waals surface area contributed by atoms with Crippen LogP contribution in [0.2, 0.25) is 0 Å². The molecule has 0 aromatic carbocycles. The van der Waals surface area contributed by atoms with E-state index in [0.29, 0.717) is 12.3 Å². The minimum atomic E-state index is -2.94. The van der Waals surface area contributed by atoms with Gasteiger partial charge in [0.05, 0.1) is 5.75 Å². The Labute approximate surface area is 81.2 Å². The summed E-state index contributed by atoms with van der Waals surface area (Å²) in [6.45, 7) is 6.85. The molecule has 13 heavy (non-hydrogen) atoms. The number of nitrogens with zero attached hydrogens (tertiary/aromatic N) is 1. The van der Waals surface area contributed by atoms with Crippen LogP contribution in [0, 0.1) is 0 Å². The minimum Gasteiger partial charge on any atom is -0.212 e. The van der Waals surface area contributed by atoms with E-state index in [2.05, 4.69) is 13.8 Å². The lowest BCUT2D eigenvalue weighted by atomic mass is 9.95. The molecule has 0 amide bonds. The molecule has 1 aliphatic heterocycles. The standard InChI is InChI=1S/C9H19NO2S/c1-4-9(3,5-2)10-7-6-8-13(10,11)12/h4-8H2,1-3H3. The Kier molecular flexibility index (Phi) is 3.02. The van der Waals surface area contributed by atoms with E-state index in [1.54, 1.807) is 4.31 Å². The molecule has 1 heterocycles. The van der Waals surface area contributed by atoms with E-state index in [1.165, 1.54) is 0 Å². The fourth-order valence-electron chi connectivity index (χ4n) is 1.85. The molecule has 0 atom stereocenters. The molecule has 0 aromatic heterocycles. The first-order valence-corrected chi connectivity index (χ1v) is 6.57. The zero-order valence-electron chi connectivity index (χ0n) is 8.71. The third kappa shape index (κ3) is 1.89. The van der Waals surface area contributed by atoms with Gasteiger partial charge in [-0.1, -0.05) is 13.8 Å². The van der Waals surface area contributed by atoms with Gasteiger partial charge in [0.15, 0.2) is 0 Å². The SMILES string of the molecule is CCC(C)(CC)N1CCCS1(=O)=O. The second-order valence-electron chi connectivity index (χ2n) is 3.95. The third-order valence-corrected chi connectivity index (χ3v) is 5.32. The zero-order valence-corrected chi connectivity index (χ0v) is 9.52. The van der Waals surface area contributed by atoms with E-state index in [-0.39, 0.29) is 5.54 Å². The summed E-state index contributed by atoms with van der Waals surface area (Å²) < 4.78 is 25.0. The fourth-order valence-corrected chi connectivity index (χ4v) is 3.90. The number of sulfonamides is 1. The molecule has 0 bridgehead atoms. The van der Waals surface area contributed by atoms with Gasteiger partial charge in [0.1, 0.15) is 0 Å². The van der Waals surface area contributed by atoms with Crippen LogP contribution in [0.1, 0.15) is 40.0 Å². The first kappa shape index (κ1) is 11.0. The predicted octanol–water partition coefficient (Wildman–Crippen LogP) is 1.60. The molecular formula is C9H19NO2S. The maximum absolute atomic E-state index is 11.7. The van der Waals surface area contributed by atoms with Crippen LogP contribution in [-0.2, 0) is 10.0 Å². The van der Waals surface area contributed by atoms with E-state index in [9.17, 15) is 8.42 Å².